The third-order valence-electron chi connectivity index (χ3n) is 2.59. The number of hydrogen-bond donors (Lipinski definition) is 0. The van der Waals surface area contributed by atoms with Crippen molar-refractivity contribution in [2.24, 2.45) is 0 Å². The first kappa shape index (κ1) is 30.7. The molecule has 0 amide bonds. The minimum absolute atomic E-state index is 0. The first-order valence-electron chi connectivity index (χ1n) is 6.49. The van der Waals surface area contributed by atoms with Gasteiger partial charge >= 0.3 is 22.6 Å². The molecule has 0 heterocycles. The zero-order valence-electron chi connectivity index (χ0n) is 14.3. The van der Waals surface area contributed by atoms with E-state index in [1.165, 1.54) is 18.5 Å². The molecule has 124 valence electrons. The van der Waals surface area contributed by atoms with Gasteiger partial charge < -0.3 is 0 Å². The predicted octanol–water partition coefficient (Wildman–Crippen LogP) is 4.62. The standard InChI is InChI=1S/C12H30P4.2CO.W/c1-13(2)7-10-16(11-8-14(3)4)12-9-15(5)6;2*1-2;/h7-12H2,1-6H3;;;. The summed E-state index contributed by atoms with van der Waals surface area (Å²) in [6, 6.07) is 0. The van der Waals surface area contributed by atoms with Crippen LogP contribution in [0.5, 0.6) is 0 Å². The van der Waals surface area contributed by atoms with Gasteiger partial charge in [0.2, 0.25) is 0 Å². The van der Waals surface area contributed by atoms with E-state index in [-0.39, 0.29) is 21.1 Å². The van der Waals surface area contributed by atoms with Crippen molar-refractivity contribution in [2.75, 3.05) is 77.0 Å². The van der Waals surface area contributed by atoms with Gasteiger partial charge in [0.05, 0.1) is 0 Å². The Balaban J connectivity index is -0.000000264. The summed E-state index contributed by atoms with van der Waals surface area (Å²) in [6.45, 7) is 23.6. The molecule has 0 aromatic carbocycles. The molecule has 0 unspecified atom stereocenters. The molecular weight excluding hydrogens is 508 g/mol. The molecule has 0 aliphatic carbocycles. The van der Waals surface area contributed by atoms with E-state index in [0.717, 1.165) is 0 Å². The minimum Gasteiger partial charge on any atom is 0 e. The largest absolute Gasteiger partial charge is 0 e. The van der Waals surface area contributed by atoms with E-state index in [0.29, 0.717) is 31.7 Å². The van der Waals surface area contributed by atoms with Crippen molar-refractivity contribution < 1.29 is 30.4 Å². The number of rotatable bonds is 9. The summed E-state index contributed by atoms with van der Waals surface area (Å²) in [5.74, 6) is 0. The van der Waals surface area contributed by atoms with Crippen molar-refractivity contribution in [3.05, 3.63) is 13.3 Å². The Bertz CT molecular complexity index is 199. The normalized spacial score (nSPS) is 9.62. The van der Waals surface area contributed by atoms with Crippen LogP contribution in [0.15, 0.2) is 0 Å². The van der Waals surface area contributed by atoms with Gasteiger partial charge in [-0.1, -0.05) is 0 Å². The van der Waals surface area contributed by atoms with E-state index in [1.54, 1.807) is 18.5 Å². The Hall–Kier alpha value is 1.89. The average Bonchev–Trinajstić information content (AvgIpc) is 2.41. The topological polar surface area (TPSA) is 39.8 Å². The Morgan fingerprint density at radius 3 is 0.857 bits per heavy atom. The van der Waals surface area contributed by atoms with Crippen molar-refractivity contribution in [3.8, 4) is 0 Å². The van der Waals surface area contributed by atoms with Crippen LogP contribution in [0.1, 0.15) is 0 Å². The molecule has 0 saturated heterocycles. The maximum Gasteiger partial charge on any atom is 0 e. The second-order valence-corrected chi connectivity index (χ2v) is 15.8. The van der Waals surface area contributed by atoms with Crippen molar-refractivity contribution in [2.45, 2.75) is 0 Å². The van der Waals surface area contributed by atoms with Crippen molar-refractivity contribution in [1.29, 1.82) is 0 Å². The molecule has 0 bridgehead atoms. The Morgan fingerprint density at radius 2 is 0.714 bits per heavy atom. The van der Waals surface area contributed by atoms with Crippen LogP contribution in [0.2, 0.25) is 0 Å². The predicted molar refractivity (Wildman–Crippen MR) is 100 cm³/mol. The van der Waals surface area contributed by atoms with Crippen LogP contribution in [-0.4, -0.2) is 77.0 Å². The van der Waals surface area contributed by atoms with Gasteiger partial charge in [0.15, 0.2) is 0 Å². The second kappa shape index (κ2) is 24.1. The van der Waals surface area contributed by atoms with Gasteiger partial charge in [0, 0.05) is 21.1 Å². The van der Waals surface area contributed by atoms with Gasteiger partial charge in [-0.15, -0.1) is 31.7 Å². The van der Waals surface area contributed by atoms with E-state index < -0.39 is 0 Å². The van der Waals surface area contributed by atoms with Crippen LogP contribution in [-0.2, 0) is 30.4 Å². The van der Waals surface area contributed by atoms with Gasteiger partial charge in [-0.05, 0) is 77.0 Å². The van der Waals surface area contributed by atoms with Crippen LogP contribution in [0.25, 0.3) is 0 Å². The molecule has 0 rings (SSSR count). The summed E-state index contributed by atoms with van der Waals surface area (Å²) in [4.78, 5) is 0. The van der Waals surface area contributed by atoms with E-state index in [1.807, 2.05) is 0 Å². The zero-order valence-corrected chi connectivity index (χ0v) is 20.8. The average molecular weight is 538 g/mol. The monoisotopic (exact) mass is 538 g/mol. The third kappa shape index (κ3) is 30.4. The molecule has 0 saturated carbocycles. The molecule has 0 aliphatic heterocycles. The summed E-state index contributed by atoms with van der Waals surface area (Å²) >= 11 is 0. The van der Waals surface area contributed by atoms with Crippen molar-refractivity contribution in [1.82, 2.24) is 0 Å². The third-order valence-corrected chi connectivity index (χ3v) is 9.57. The summed E-state index contributed by atoms with van der Waals surface area (Å²) in [5.41, 5.74) is 0. The minimum atomic E-state index is 0. The molecule has 2 nitrogen and oxygen atoms in total. The van der Waals surface area contributed by atoms with Gasteiger partial charge in [-0.2, -0.15) is 0 Å². The molecule has 7 heteroatoms. The van der Waals surface area contributed by atoms with Gasteiger partial charge in [0.25, 0.3) is 0 Å². The summed E-state index contributed by atoms with van der Waals surface area (Å²) < 4.78 is 15.0. The van der Waals surface area contributed by atoms with Crippen molar-refractivity contribution >= 4 is 31.7 Å². The Kier molecular flexibility index (Phi) is 35.3. The molecule has 0 radical (unpaired) electrons. The van der Waals surface area contributed by atoms with Crippen LogP contribution < -0.4 is 0 Å². The van der Waals surface area contributed by atoms with Crippen LogP contribution >= 0.6 is 31.7 Å². The zero-order chi connectivity index (χ0) is 16.6. The first-order chi connectivity index (χ1) is 9.41. The SMILES string of the molecule is CP(C)CCP(CCP(C)C)CCP(C)C.[C-]#[O+].[C-]#[O+].[W]. The molecule has 0 aromatic heterocycles. The quantitative estimate of drug-likeness (QED) is 0.234. The van der Waals surface area contributed by atoms with E-state index in [4.69, 9.17) is 9.30 Å². The molecule has 0 aromatic rings. The maximum absolute atomic E-state index is 7.50. The molecule has 0 fully saturated rings. The van der Waals surface area contributed by atoms with E-state index >= 15 is 0 Å². The van der Waals surface area contributed by atoms with Gasteiger partial charge in [-0.3, -0.25) is 0 Å². The summed E-state index contributed by atoms with van der Waals surface area (Å²) in [7, 11) is 1.42. The first-order valence-corrected chi connectivity index (χ1v) is 15.7. The molecule has 0 atom stereocenters. The fraction of sp³-hybridized carbons (Fsp3) is 0.857. The molecule has 0 spiro atoms. The van der Waals surface area contributed by atoms with Gasteiger partial charge in [0.1, 0.15) is 0 Å². The smallest absolute Gasteiger partial charge is 0 e. The maximum atomic E-state index is 7.50. The molecular formula is C14H30O2P4W. The van der Waals surface area contributed by atoms with E-state index in [2.05, 4.69) is 53.3 Å². The van der Waals surface area contributed by atoms with Crippen LogP contribution in [0.3, 0.4) is 0 Å². The second-order valence-electron chi connectivity index (χ2n) is 5.25. The van der Waals surface area contributed by atoms with Crippen molar-refractivity contribution in [3.63, 3.8) is 0 Å². The summed E-state index contributed by atoms with van der Waals surface area (Å²) in [6.07, 6.45) is 9.29. The van der Waals surface area contributed by atoms with Crippen LogP contribution in [0.4, 0.5) is 0 Å². The van der Waals surface area contributed by atoms with Gasteiger partial charge in [-0.25, -0.2) is 0 Å². The Labute approximate surface area is 152 Å². The number of hydrogen-bond acceptors (Lipinski definition) is 0. The van der Waals surface area contributed by atoms with E-state index in [9.17, 15) is 0 Å². The fourth-order valence-corrected chi connectivity index (χ4v) is 10.2. The summed E-state index contributed by atoms with van der Waals surface area (Å²) in [5, 5.41) is 0. The molecule has 0 N–H and O–H groups in total. The fourth-order valence-electron chi connectivity index (χ4n) is 1.36. The van der Waals surface area contributed by atoms with Crippen LogP contribution in [0, 0.1) is 13.3 Å². The molecule has 21 heavy (non-hydrogen) atoms. The Morgan fingerprint density at radius 1 is 0.524 bits per heavy atom. The molecule has 0 aliphatic rings.